The lowest BCUT2D eigenvalue weighted by molar-refractivity contribution is -0.137. The fourth-order valence-corrected chi connectivity index (χ4v) is 4.61. The number of hydrogen-bond donors (Lipinski definition) is 2. The summed E-state index contributed by atoms with van der Waals surface area (Å²) in [7, 11) is 0. The van der Waals surface area contributed by atoms with E-state index in [0.29, 0.717) is 0 Å². The van der Waals surface area contributed by atoms with Crippen molar-refractivity contribution in [3.63, 3.8) is 0 Å². The summed E-state index contributed by atoms with van der Waals surface area (Å²) in [4.78, 5) is 10.4. The van der Waals surface area contributed by atoms with E-state index in [1.165, 1.54) is 116 Å². The van der Waals surface area contributed by atoms with Gasteiger partial charge in [-0.25, -0.2) is 0 Å². The van der Waals surface area contributed by atoms with Crippen molar-refractivity contribution in [1.82, 2.24) is 0 Å². The quantitative estimate of drug-likeness (QED) is 0.121. The number of carbonyl (C=O) groups is 1. The Morgan fingerprint density at radius 3 is 1.09 bits per heavy atom. The van der Waals surface area contributed by atoms with Crippen LogP contribution in [0.3, 0.4) is 0 Å². The van der Waals surface area contributed by atoms with Crippen molar-refractivity contribution in [2.24, 2.45) is 0 Å². The van der Waals surface area contributed by atoms with Crippen molar-refractivity contribution in [2.75, 3.05) is 0 Å². The maximum atomic E-state index is 10.4. The van der Waals surface area contributed by atoms with Crippen LogP contribution in [0.1, 0.15) is 174 Å². The third-order valence-electron chi connectivity index (χ3n) is 6.82. The minimum atomic E-state index is -0.700. The molecule has 0 aliphatic rings. The zero-order valence-corrected chi connectivity index (χ0v) is 21.8. The summed E-state index contributed by atoms with van der Waals surface area (Å²) in [6.07, 6.45) is 32.3. The Morgan fingerprint density at radius 1 is 0.500 bits per heavy atom. The summed E-state index contributed by atoms with van der Waals surface area (Å²) in [6.45, 7) is 2.29. The molecule has 2 N–H and O–H groups in total. The molecule has 3 heteroatoms. The van der Waals surface area contributed by atoms with E-state index in [9.17, 15) is 9.90 Å². The largest absolute Gasteiger partial charge is 0.481 e. The summed E-state index contributed by atoms with van der Waals surface area (Å²) < 4.78 is 0. The van der Waals surface area contributed by atoms with Crippen LogP contribution >= 0.6 is 0 Å². The van der Waals surface area contributed by atoms with Crippen LogP contribution in [0.5, 0.6) is 0 Å². The van der Waals surface area contributed by atoms with Crippen LogP contribution < -0.4 is 0 Å². The molecule has 0 aromatic rings. The standard InChI is InChI=1S/C29H58O3/c1-2-3-4-5-6-7-8-9-10-11-12-13-14-15-16-17-18-19-22-25-28(30)26-23-20-21-24-27-29(31)32/h28,30H,2-27H2,1H3,(H,31,32). The lowest BCUT2D eigenvalue weighted by atomic mass is 10.0. The number of aliphatic hydroxyl groups excluding tert-OH is 1. The maximum Gasteiger partial charge on any atom is 0.303 e. The first kappa shape index (κ1) is 31.4. The molecule has 0 amide bonds. The Balaban J connectivity index is 3.12. The molecule has 1 atom stereocenters. The maximum absolute atomic E-state index is 10.4. The summed E-state index contributed by atoms with van der Waals surface area (Å²) in [5.41, 5.74) is 0. The Bertz CT molecular complexity index is 369. The van der Waals surface area contributed by atoms with Gasteiger partial charge in [0.05, 0.1) is 6.10 Å². The van der Waals surface area contributed by atoms with Crippen LogP contribution in [-0.4, -0.2) is 22.3 Å². The lowest BCUT2D eigenvalue weighted by Crippen LogP contribution is -2.06. The van der Waals surface area contributed by atoms with Crippen molar-refractivity contribution in [1.29, 1.82) is 0 Å². The Hall–Kier alpha value is -0.570. The van der Waals surface area contributed by atoms with Crippen molar-refractivity contribution in [2.45, 2.75) is 180 Å². The fourth-order valence-electron chi connectivity index (χ4n) is 4.61. The molecule has 0 aromatic heterocycles. The van der Waals surface area contributed by atoms with Crippen LogP contribution in [-0.2, 0) is 4.79 Å². The first-order chi connectivity index (χ1) is 15.7. The lowest BCUT2D eigenvalue weighted by Gasteiger charge is -2.10. The highest BCUT2D eigenvalue weighted by Gasteiger charge is 2.04. The zero-order chi connectivity index (χ0) is 23.5. The van der Waals surface area contributed by atoms with Gasteiger partial charge in [0.15, 0.2) is 0 Å². The predicted octanol–water partition coefficient (Wildman–Crippen LogP) is 9.59. The molecule has 0 rings (SSSR count). The molecule has 3 nitrogen and oxygen atoms in total. The van der Waals surface area contributed by atoms with Crippen LogP contribution in [0.4, 0.5) is 0 Å². The molecule has 192 valence electrons. The van der Waals surface area contributed by atoms with Crippen molar-refractivity contribution >= 4 is 5.97 Å². The second-order valence-corrected chi connectivity index (χ2v) is 10.2. The van der Waals surface area contributed by atoms with Gasteiger partial charge in [-0.3, -0.25) is 4.79 Å². The average Bonchev–Trinajstić information content (AvgIpc) is 2.77. The molecule has 1 unspecified atom stereocenters. The number of carboxylic acid groups (broad SMARTS) is 1. The molecule has 0 bridgehead atoms. The highest BCUT2D eigenvalue weighted by atomic mass is 16.4. The van der Waals surface area contributed by atoms with Gasteiger partial charge in [-0.2, -0.15) is 0 Å². The molecule has 0 saturated heterocycles. The molecular weight excluding hydrogens is 396 g/mol. The Morgan fingerprint density at radius 2 is 0.781 bits per heavy atom. The molecular formula is C29H58O3. The van der Waals surface area contributed by atoms with Crippen molar-refractivity contribution in [3.05, 3.63) is 0 Å². The van der Waals surface area contributed by atoms with Crippen LogP contribution in [0.15, 0.2) is 0 Å². The van der Waals surface area contributed by atoms with E-state index >= 15 is 0 Å². The van der Waals surface area contributed by atoms with E-state index < -0.39 is 5.97 Å². The second kappa shape index (κ2) is 26.7. The minimum absolute atomic E-state index is 0.153. The van der Waals surface area contributed by atoms with Gasteiger partial charge < -0.3 is 10.2 Å². The minimum Gasteiger partial charge on any atom is -0.481 e. The van der Waals surface area contributed by atoms with Gasteiger partial charge in [-0.05, 0) is 19.3 Å². The third-order valence-corrected chi connectivity index (χ3v) is 6.82. The van der Waals surface area contributed by atoms with E-state index in [0.717, 1.165) is 44.9 Å². The van der Waals surface area contributed by atoms with Gasteiger partial charge in [-0.1, -0.05) is 148 Å². The number of rotatable bonds is 27. The van der Waals surface area contributed by atoms with E-state index in [1.54, 1.807) is 0 Å². The molecule has 0 aliphatic carbocycles. The smallest absolute Gasteiger partial charge is 0.303 e. The van der Waals surface area contributed by atoms with Crippen LogP contribution in [0.2, 0.25) is 0 Å². The molecule has 0 spiro atoms. The molecule has 0 aromatic carbocycles. The normalized spacial score (nSPS) is 12.3. The van der Waals surface area contributed by atoms with Crippen molar-refractivity contribution in [3.8, 4) is 0 Å². The fraction of sp³-hybridized carbons (Fsp3) is 0.966. The van der Waals surface area contributed by atoms with Crippen molar-refractivity contribution < 1.29 is 15.0 Å². The van der Waals surface area contributed by atoms with Gasteiger partial charge in [0, 0.05) is 6.42 Å². The topological polar surface area (TPSA) is 57.5 Å². The summed E-state index contributed by atoms with van der Waals surface area (Å²) in [6, 6.07) is 0. The highest BCUT2D eigenvalue weighted by Crippen LogP contribution is 2.16. The SMILES string of the molecule is CCCCCCCCCCCCCCCCCCCCCC(O)CCCCCCC(=O)O. The monoisotopic (exact) mass is 454 g/mol. The molecule has 0 radical (unpaired) electrons. The van der Waals surface area contributed by atoms with Gasteiger partial charge >= 0.3 is 5.97 Å². The van der Waals surface area contributed by atoms with Crippen LogP contribution in [0, 0.1) is 0 Å². The van der Waals surface area contributed by atoms with E-state index in [-0.39, 0.29) is 12.5 Å². The predicted molar refractivity (Wildman–Crippen MR) is 139 cm³/mol. The summed E-state index contributed by atoms with van der Waals surface area (Å²) >= 11 is 0. The molecule has 0 fully saturated rings. The first-order valence-corrected chi connectivity index (χ1v) is 14.6. The second-order valence-electron chi connectivity index (χ2n) is 10.2. The van der Waals surface area contributed by atoms with Crippen LogP contribution in [0.25, 0.3) is 0 Å². The summed E-state index contributed by atoms with van der Waals surface area (Å²) in [5, 5.41) is 18.6. The van der Waals surface area contributed by atoms with E-state index in [4.69, 9.17) is 5.11 Å². The number of aliphatic carboxylic acids is 1. The number of carboxylic acids is 1. The van der Waals surface area contributed by atoms with Gasteiger partial charge in [0.2, 0.25) is 0 Å². The molecule has 0 saturated carbocycles. The third kappa shape index (κ3) is 27.5. The average molecular weight is 455 g/mol. The number of hydrogen-bond acceptors (Lipinski definition) is 2. The van der Waals surface area contributed by atoms with E-state index in [2.05, 4.69) is 6.92 Å². The first-order valence-electron chi connectivity index (χ1n) is 14.6. The molecule has 32 heavy (non-hydrogen) atoms. The number of aliphatic hydroxyl groups is 1. The van der Waals surface area contributed by atoms with Gasteiger partial charge in [0.1, 0.15) is 0 Å². The van der Waals surface area contributed by atoms with Gasteiger partial charge in [0.25, 0.3) is 0 Å². The Labute approximate surface area is 201 Å². The number of unbranched alkanes of at least 4 members (excludes halogenated alkanes) is 21. The summed E-state index contributed by atoms with van der Waals surface area (Å²) in [5.74, 6) is -0.700. The molecule has 0 aliphatic heterocycles. The molecule has 0 heterocycles. The zero-order valence-electron chi connectivity index (χ0n) is 21.8. The highest BCUT2D eigenvalue weighted by molar-refractivity contribution is 5.66. The van der Waals surface area contributed by atoms with E-state index in [1.807, 2.05) is 0 Å². The Kier molecular flexibility index (Phi) is 26.2. The van der Waals surface area contributed by atoms with Gasteiger partial charge in [-0.15, -0.1) is 0 Å².